The Kier molecular flexibility index (Phi) is 12.1. The molecule has 150 valence electrons. The third-order valence-electron chi connectivity index (χ3n) is 3.84. The van der Waals surface area contributed by atoms with Gasteiger partial charge >= 0.3 is 20.1 Å². The molecule has 0 aliphatic carbocycles. The number of unbranched alkanes of at least 4 members (excludes halogenated alkanes) is 5. The number of carbonyl (C=O) groups excluding carboxylic acids is 2. The van der Waals surface area contributed by atoms with E-state index in [0.717, 1.165) is 29.7 Å². The van der Waals surface area contributed by atoms with E-state index in [1.807, 2.05) is 18.2 Å². The summed E-state index contributed by atoms with van der Waals surface area (Å²) in [5.74, 6) is -0.614. The summed E-state index contributed by atoms with van der Waals surface area (Å²) in [5, 5.41) is 0. The van der Waals surface area contributed by atoms with Crippen LogP contribution in [0.2, 0.25) is 0 Å². The van der Waals surface area contributed by atoms with E-state index in [4.69, 9.17) is 14.4 Å². The van der Waals surface area contributed by atoms with Crippen LogP contribution in [0.1, 0.15) is 51.0 Å². The molecule has 0 heterocycles. The minimum atomic E-state index is -2.63. The number of rotatable bonds is 13. The number of ether oxygens (including phenoxy) is 2. The van der Waals surface area contributed by atoms with Crippen LogP contribution in [0.5, 0.6) is 0 Å². The summed E-state index contributed by atoms with van der Waals surface area (Å²) in [6.07, 6.45) is 5.12. The topological polar surface area (TPSA) is 93.1 Å². The zero-order chi connectivity index (χ0) is 19.9. The van der Waals surface area contributed by atoms with Crippen molar-refractivity contribution >= 4 is 20.1 Å². The maximum absolute atomic E-state index is 12.1. The Morgan fingerprint density at radius 2 is 1.70 bits per heavy atom. The molecule has 0 aliphatic rings. The van der Waals surface area contributed by atoms with E-state index >= 15 is 0 Å². The third kappa shape index (κ3) is 11.4. The molecular weight excluding hydrogens is 369 g/mol. The Morgan fingerprint density at radius 3 is 2.37 bits per heavy atom. The molecule has 1 aromatic carbocycles. The van der Waals surface area contributed by atoms with E-state index < -0.39 is 32.9 Å². The van der Waals surface area contributed by atoms with Gasteiger partial charge in [-0.15, -0.1) is 0 Å². The van der Waals surface area contributed by atoms with Gasteiger partial charge < -0.3 is 9.47 Å². The molecule has 1 N–H and O–H groups in total. The number of hydrogen-bond acceptors (Lipinski definition) is 5. The fraction of sp³-hybridized carbons (Fsp3) is 0.579. The summed E-state index contributed by atoms with van der Waals surface area (Å²) in [6, 6.07) is 9.04. The number of hydrogen-bond donors (Lipinski definition) is 1. The molecule has 1 unspecified atom stereocenters. The number of amides is 1. The molecule has 0 saturated carbocycles. The molecule has 7 nitrogen and oxygen atoms in total. The SMILES string of the molecule is CCCCCCCCOC(=O)CN(C[P+](=O)O)C(=O)OCc1ccccc1. The van der Waals surface area contributed by atoms with Crippen molar-refractivity contribution in [2.45, 2.75) is 52.1 Å². The van der Waals surface area contributed by atoms with Gasteiger partial charge in [0.1, 0.15) is 13.2 Å². The lowest BCUT2D eigenvalue weighted by atomic mass is 10.1. The van der Waals surface area contributed by atoms with E-state index in [9.17, 15) is 14.2 Å². The van der Waals surface area contributed by atoms with Crippen molar-refractivity contribution in [3.63, 3.8) is 0 Å². The van der Waals surface area contributed by atoms with Crippen molar-refractivity contribution in [1.29, 1.82) is 0 Å². The molecule has 0 saturated heterocycles. The highest BCUT2D eigenvalue weighted by molar-refractivity contribution is 7.37. The van der Waals surface area contributed by atoms with Crippen molar-refractivity contribution in [2.75, 3.05) is 19.4 Å². The summed E-state index contributed by atoms with van der Waals surface area (Å²) in [5.41, 5.74) is 0.782. The average Bonchev–Trinajstić information content (AvgIpc) is 2.65. The molecule has 0 bridgehead atoms. The van der Waals surface area contributed by atoms with Crippen LogP contribution in [0.4, 0.5) is 4.79 Å². The van der Waals surface area contributed by atoms with Gasteiger partial charge in [0.25, 0.3) is 6.29 Å². The van der Waals surface area contributed by atoms with Crippen molar-refractivity contribution in [3.8, 4) is 0 Å². The lowest BCUT2D eigenvalue weighted by Crippen LogP contribution is -2.36. The lowest BCUT2D eigenvalue weighted by Gasteiger charge is -2.16. The van der Waals surface area contributed by atoms with Crippen LogP contribution in [-0.2, 0) is 25.4 Å². The molecule has 27 heavy (non-hydrogen) atoms. The zero-order valence-corrected chi connectivity index (χ0v) is 16.7. The van der Waals surface area contributed by atoms with Gasteiger partial charge in [0.15, 0.2) is 0 Å². The van der Waals surface area contributed by atoms with E-state index in [0.29, 0.717) is 0 Å². The summed E-state index contributed by atoms with van der Waals surface area (Å²) >= 11 is 0. The molecular formula is C19H29NO6P+. The monoisotopic (exact) mass is 398 g/mol. The van der Waals surface area contributed by atoms with Gasteiger partial charge in [-0.25, -0.2) is 4.79 Å². The Bertz CT molecular complexity index is 581. The van der Waals surface area contributed by atoms with Crippen LogP contribution in [-0.4, -0.2) is 41.3 Å². The number of nitrogens with zero attached hydrogens (tertiary/aromatic N) is 1. The van der Waals surface area contributed by atoms with E-state index in [2.05, 4.69) is 6.92 Å². The van der Waals surface area contributed by atoms with Crippen molar-refractivity contribution in [3.05, 3.63) is 35.9 Å². The molecule has 0 spiro atoms. The van der Waals surface area contributed by atoms with E-state index in [1.54, 1.807) is 12.1 Å². The third-order valence-corrected chi connectivity index (χ3v) is 4.42. The van der Waals surface area contributed by atoms with Crippen LogP contribution in [0.15, 0.2) is 30.3 Å². The van der Waals surface area contributed by atoms with Gasteiger partial charge in [-0.1, -0.05) is 69.4 Å². The second-order valence-corrected chi connectivity index (χ2v) is 7.21. The first-order chi connectivity index (χ1) is 13.0. The van der Waals surface area contributed by atoms with Gasteiger partial charge in [-0.3, -0.25) is 9.69 Å². The van der Waals surface area contributed by atoms with Crippen molar-refractivity contribution in [1.82, 2.24) is 4.90 Å². The molecule has 0 aromatic heterocycles. The predicted octanol–water partition coefficient (Wildman–Crippen LogP) is 4.22. The van der Waals surface area contributed by atoms with Gasteiger partial charge in [-0.2, -0.15) is 4.89 Å². The first-order valence-electron chi connectivity index (χ1n) is 9.27. The number of benzene rings is 1. The molecule has 1 rings (SSSR count). The highest BCUT2D eigenvalue weighted by atomic mass is 31.1. The summed E-state index contributed by atoms with van der Waals surface area (Å²) in [4.78, 5) is 34.0. The molecule has 0 aliphatic heterocycles. The zero-order valence-electron chi connectivity index (χ0n) is 15.8. The first-order valence-corrected chi connectivity index (χ1v) is 10.7. The predicted molar refractivity (Wildman–Crippen MR) is 102 cm³/mol. The lowest BCUT2D eigenvalue weighted by molar-refractivity contribution is -0.144. The van der Waals surface area contributed by atoms with Crippen molar-refractivity contribution < 1.29 is 28.5 Å². The molecule has 8 heteroatoms. The van der Waals surface area contributed by atoms with Gasteiger partial charge in [-0.05, 0) is 16.5 Å². The second-order valence-electron chi connectivity index (χ2n) is 6.22. The fourth-order valence-corrected chi connectivity index (χ4v) is 2.91. The quantitative estimate of drug-likeness (QED) is 0.304. The summed E-state index contributed by atoms with van der Waals surface area (Å²) in [6.45, 7) is 2.04. The van der Waals surface area contributed by atoms with Gasteiger partial charge in [0.2, 0.25) is 0 Å². The number of carbonyl (C=O) groups is 2. The smallest absolute Gasteiger partial charge is 0.464 e. The summed E-state index contributed by atoms with van der Waals surface area (Å²) < 4.78 is 21.3. The van der Waals surface area contributed by atoms with Crippen LogP contribution in [0.3, 0.4) is 0 Å². The van der Waals surface area contributed by atoms with Crippen LogP contribution < -0.4 is 0 Å². The highest BCUT2D eigenvalue weighted by Crippen LogP contribution is 2.16. The largest absolute Gasteiger partial charge is 0.527 e. The highest BCUT2D eigenvalue weighted by Gasteiger charge is 2.27. The average molecular weight is 398 g/mol. The Hall–Kier alpha value is -1.98. The van der Waals surface area contributed by atoms with E-state index in [1.165, 1.54) is 19.3 Å². The van der Waals surface area contributed by atoms with Crippen molar-refractivity contribution in [2.24, 2.45) is 0 Å². The normalized spacial score (nSPS) is 11.0. The van der Waals surface area contributed by atoms with Gasteiger partial charge in [0, 0.05) is 0 Å². The number of esters is 1. The van der Waals surface area contributed by atoms with Crippen LogP contribution in [0, 0.1) is 0 Å². The Labute approximate surface area is 161 Å². The minimum absolute atomic E-state index is 0.0190. The second kappa shape index (κ2) is 14.1. The molecule has 0 fully saturated rings. The van der Waals surface area contributed by atoms with Crippen LogP contribution in [0.25, 0.3) is 0 Å². The molecule has 1 amide bonds. The Balaban J connectivity index is 2.36. The molecule has 1 atom stereocenters. The Morgan fingerprint density at radius 1 is 1.04 bits per heavy atom. The fourth-order valence-electron chi connectivity index (χ4n) is 2.40. The minimum Gasteiger partial charge on any atom is -0.464 e. The van der Waals surface area contributed by atoms with Crippen LogP contribution >= 0.6 is 8.03 Å². The summed E-state index contributed by atoms with van der Waals surface area (Å²) in [7, 11) is -2.63. The maximum atomic E-state index is 12.1. The maximum Gasteiger partial charge on any atom is 0.527 e. The van der Waals surface area contributed by atoms with Gasteiger partial charge in [0.05, 0.1) is 6.61 Å². The van der Waals surface area contributed by atoms with E-state index in [-0.39, 0.29) is 13.2 Å². The molecule has 1 aromatic rings. The first kappa shape index (κ1) is 23.1. The molecule has 0 radical (unpaired) electrons. The standard InChI is InChI=1S/C19H28NO6P/c1-2-3-4-5-6-10-13-25-18(21)14-20(16-27(23)24)19(22)26-15-17-11-8-7-9-12-17/h7-9,11-12H,2-6,10,13-16H2,1H3/p+1.